The van der Waals surface area contributed by atoms with Gasteiger partial charge in [-0.1, -0.05) is 30.3 Å². The molecule has 0 bridgehead atoms. The van der Waals surface area contributed by atoms with E-state index in [-0.39, 0.29) is 11.8 Å². The van der Waals surface area contributed by atoms with Crippen LogP contribution < -0.4 is 10.5 Å². The van der Waals surface area contributed by atoms with Gasteiger partial charge in [0, 0.05) is 12.0 Å². The molecule has 0 amide bonds. The SMILES string of the molecule is NCCCCS(=O)(=O)NC1CC1c1ccccc1. The molecule has 1 aromatic carbocycles. The van der Waals surface area contributed by atoms with Crippen LogP contribution in [-0.4, -0.2) is 26.8 Å². The van der Waals surface area contributed by atoms with Crippen LogP contribution >= 0.6 is 0 Å². The number of hydrogen-bond acceptors (Lipinski definition) is 3. The fourth-order valence-electron chi connectivity index (χ4n) is 2.12. The maximum Gasteiger partial charge on any atom is 0.211 e. The van der Waals surface area contributed by atoms with E-state index >= 15 is 0 Å². The summed E-state index contributed by atoms with van der Waals surface area (Å²) in [5.41, 5.74) is 6.57. The molecule has 1 saturated carbocycles. The number of nitrogens with two attached hydrogens (primary N) is 1. The zero-order chi connectivity index (χ0) is 13.0. The molecular formula is C13H20N2O2S. The van der Waals surface area contributed by atoms with Gasteiger partial charge in [0.2, 0.25) is 10.0 Å². The van der Waals surface area contributed by atoms with Gasteiger partial charge in [-0.25, -0.2) is 13.1 Å². The van der Waals surface area contributed by atoms with Crippen molar-refractivity contribution in [3.63, 3.8) is 0 Å². The van der Waals surface area contributed by atoms with Gasteiger partial charge in [0.15, 0.2) is 0 Å². The van der Waals surface area contributed by atoms with Gasteiger partial charge in [-0.05, 0) is 31.4 Å². The van der Waals surface area contributed by atoms with Gasteiger partial charge in [0.25, 0.3) is 0 Å². The van der Waals surface area contributed by atoms with Crippen LogP contribution in [0.25, 0.3) is 0 Å². The smallest absolute Gasteiger partial charge is 0.211 e. The lowest BCUT2D eigenvalue weighted by Crippen LogP contribution is -2.29. The fraction of sp³-hybridized carbons (Fsp3) is 0.538. The van der Waals surface area contributed by atoms with Crippen LogP contribution in [0.2, 0.25) is 0 Å². The third-order valence-electron chi connectivity index (χ3n) is 3.22. The monoisotopic (exact) mass is 268 g/mol. The summed E-state index contributed by atoms with van der Waals surface area (Å²) in [6.45, 7) is 0.547. The Bertz CT molecular complexity index is 473. The van der Waals surface area contributed by atoms with Crippen molar-refractivity contribution in [3.05, 3.63) is 35.9 Å². The van der Waals surface area contributed by atoms with Gasteiger partial charge in [-0.15, -0.1) is 0 Å². The standard InChI is InChI=1S/C13H20N2O2S/c14-8-4-5-9-18(16,17)15-13-10-12(13)11-6-2-1-3-7-11/h1-3,6-7,12-13,15H,4-5,8-10,14H2. The van der Waals surface area contributed by atoms with Crippen molar-refractivity contribution in [2.45, 2.75) is 31.2 Å². The third kappa shape index (κ3) is 3.80. The highest BCUT2D eigenvalue weighted by atomic mass is 32.2. The molecule has 18 heavy (non-hydrogen) atoms. The van der Waals surface area contributed by atoms with Gasteiger partial charge in [0.05, 0.1) is 5.75 Å². The van der Waals surface area contributed by atoms with Crippen molar-refractivity contribution in [1.82, 2.24) is 4.72 Å². The molecule has 2 rings (SSSR count). The lowest BCUT2D eigenvalue weighted by atomic mass is 10.1. The van der Waals surface area contributed by atoms with Crippen LogP contribution in [0.1, 0.15) is 30.7 Å². The van der Waals surface area contributed by atoms with Gasteiger partial charge < -0.3 is 5.73 Å². The van der Waals surface area contributed by atoms with Crippen molar-refractivity contribution < 1.29 is 8.42 Å². The molecule has 100 valence electrons. The lowest BCUT2D eigenvalue weighted by molar-refractivity contribution is 0.576. The minimum atomic E-state index is -3.14. The predicted octanol–water partition coefficient (Wildman–Crippen LogP) is 1.20. The number of unbranched alkanes of at least 4 members (excludes halogenated alkanes) is 1. The molecule has 0 aliphatic heterocycles. The zero-order valence-corrected chi connectivity index (χ0v) is 11.2. The fourth-order valence-corrected chi connectivity index (χ4v) is 3.54. The molecule has 0 spiro atoms. The Morgan fingerprint density at radius 3 is 2.61 bits per heavy atom. The molecule has 0 aromatic heterocycles. The van der Waals surface area contributed by atoms with Crippen LogP contribution in [0, 0.1) is 0 Å². The second-order valence-corrected chi connectivity index (χ2v) is 6.67. The highest BCUT2D eigenvalue weighted by molar-refractivity contribution is 7.89. The molecule has 1 aliphatic rings. The molecule has 1 aliphatic carbocycles. The minimum absolute atomic E-state index is 0.0790. The Morgan fingerprint density at radius 1 is 1.22 bits per heavy atom. The molecule has 5 heteroatoms. The molecule has 4 nitrogen and oxygen atoms in total. The Labute approximate surface area is 109 Å². The molecule has 1 fully saturated rings. The average molecular weight is 268 g/mol. The average Bonchev–Trinajstić information content (AvgIpc) is 3.09. The maximum atomic E-state index is 11.8. The van der Waals surface area contributed by atoms with E-state index in [1.165, 1.54) is 5.56 Å². The number of benzene rings is 1. The predicted molar refractivity (Wildman–Crippen MR) is 72.8 cm³/mol. The van der Waals surface area contributed by atoms with E-state index in [2.05, 4.69) is 4.72 Å². The largest absolute Gasteiger partial charge is 0.330 e. The molecule has 2 atom stereocenters. The normalized spacial score (nSPS) is 22.9. The quantitative estimate of drug-likeness (QED) is 0.730. The first-order valence-electron chi connectivity index (χ1n) is 6.37. The number of rotatable bonds is 7. The van der Waals surface area contributed by atoms with Crippen molar-refractivity contribution >= 4 is 10.0 Å². The Kier molecular flexibility index (Phi) is 4.37. The van der Waals surface area contributed by atoms with E-state index in [1.807, 2.05) is 30.3 Å². The molecule has 3 N–H and O–H groups in total. The summed E-state index contributed by atoms with van der Waals surface area (Å²) in [5, 5.41) is 0. The van der Waals surface area contributed by atoms with Crippen LogP contribution in [0.3, 0.4) is 0 Å². The summed E-state index contributed by atoms with van der Waals surface area (Å²) < 4.78 is 26.3. The molecule has 2 unspecified atom stereocenters. The van der Waals surface area contributed by atoms with E-state index in [4.69, 9.17) is 5.73 Å². The van der Waals surface area contributed by atoms with E-state index in [0.29, 0.717) is 18.9 Å². The van der Waals surface area contributed by atoms with Crippen LogP contribution in [0.4, 0.5) is 0 Å². The van der Waals surface area contributed by atoms with E-state index in [0.717, 1.165) is 12.8 Å². The summed E-state index contributed by atoms with van der Waals surface area (Å²) in [5.74, 6) is 0.526. The first kappa shape index (κ1) is 13.5. The van der Waals surface area contributed by atoms with E-state index in [1.54, 1.807) is 0 Å². The maximum absolute atomic E-state index is 11.8. The molecular weight excluding hydrogens is 248 g/mol. The second-order valence-electron chi connectivity index (χ2n) is 4.79. The molecule has 0 heterocycles. The van der Waals surface area contributed by atoms with Crippen LogP contribution in [0.15, 0.2) is 30.3 Å². The van der Waals surface area contributed by atoms with Crippen molar-refractivity contribution in [1.29, 1.82) is 0 Å². The summed E-state index contributed by atoms with van der Waals surface area (Å²) in [4.78, 5) is 0. The van der Waals surface area contributed by atoms with Crippen molar-refractivity contribution in [2.24, 2.45) is 5.73 Å². The summed E-state index contributed by atoms with van der Waals surface area (Å²) in [7, 11) is -3.14. The van der Waals surface area contributed by atoms with Crippen LogP contribution in [-0.2, 0) is 10.0 Å². The molecule has 0 saturated heterocycles. The summed E-state index contributed by atoms with van der Waals surface area (Å²) in [6.07, 6.45) is 2.29. The highest BCUT2D eigenvalue weighted by Crippen LogP contribution is 2.40. The van der Waals surface area contributed by atoms with E-state index < -0.39 is 10.0 Å². The van der Waals surface area contributed by atoms with Crippen molar-refractivity contribution in [2.75, 3.05) is 12.3 Å². The van der Waals surface area contributed by atoms with Crippen LogP contribution in [0.5, 0.6) is 0 Å². The summed E-state index contributed by atoms with van der Waals surface area (Å²) in [6, 6.07) is 10.1. The lowest BCUT2D eigenvalue weighted by Gasteiger charge is -2.06. The van der Waals surface area contributed by atoms with Gasteiger partial charge in [-0.3, -0.25) is 0 Å². The number of nitrogens with one attached hydrogen (secondary N) is 1. The third-order valence-corrected chi connectivity index (χ3v) is 4.70. The first-order valence-corrected chi connectivity index (χ1v) is 8.02. The Hall–Kier alpha value is -0.910. The number of hydrogen-bond donors (Lipinski definition) is 2. The minimum Gasteiger partial charge on any atom is -0.330 e. The Balaban J connectivity index is 1.82. The summed E-state index contributed by atoms with van der Waals surface area (Å²) >= 11 is 0. The second kappa shape index (κ2) is 5.82. The van der Waals surface area contributed by atoms with Gasteiger partial charge in [-0.2, -0.15) is 0 Å². The highest BCUT2D eigenvalue weighted by Gasteiger charge is 2.40. The number of sulfonamides is 1. The first-order chi connectivity index (χ1) is 8.62. The molecule has 1 aromatic rings. The van der Waals surface area contributed by atoms with Crippen molar-refractivity contribution in [3.8, 4) is 0 Å². The molecule has 0 radical (unpaired) electrons. The van der Waals surface area contributed by atoms with E-state index in [9.17, 15) is 8.42 Å². The topological polar surface area (TPSA) is 72.2 Å². The van der Waals surface area contributed by atoms with Gasteiger partial charge in [0.1, 0.15) is 0 Å². The zero-order valence-electron chi connectivity index (χ0n) is 10.4. The van der Waals surface area contributed by atoms with Gasteiger partial charge >= 0.3 is 0 Å². The Morgan fingerprint density at radius 2 is 1.94 bits per heavy atom.